The fraction of sp³-hybridized carbons (Fsp3) is 0.0541. The minimum absolute atomic E-state index is 0.125. The molecule has 0 bridgehead atoms. The van der Waals surface area contributed by atoms with Crippen LogP contribution in [0.2, 0.25) is 0 Å². The number of nitrogens with one attached hydrogen (secondary N) is 2. The fourth-order valence-electron chi connectivity index (χ4n) is 5.50. The van der Waals surface area contributed by atoms with Crippen molar-refractivity contribution in [3.63, 3.8) is 0 Å². The number of aryl methyl sites for hydroxylation is 2. The minimum atomic E-state index is -0.495. The Morgan fingerprint density at radius 2 is 1.15 bits per heavy atom. The fourth-order valence-corrected chi connectivity index (χ4v) is 5.50. The van der Waals surface area contributed by atoms with E-state index < -0.39 is 11.8 Å². The molecule has 11 nitrogen and oxygen atoms in total. The van der Waals surface area contributed by atoms with Crippen molar-refractivity contribution in [2.45, 2.75) is 0 Å². The zero-order valence-corrected chi connectivity index (χ0v) is 26.2. The Morgan fingerprint density at radius 1 is 0.646 bits per heavy atom. The average molecular weight is 634 g/mol. The number of hydrazone groups is 2. The lowest BCUT2D eigenvalue weighted by Gasteiger charge is -2.02. The molecule has 7 rings (SSSR count). The number of carbonyl (C=O) groups excluding carboxylic acids is 2. The van der Waals surface area contributed by atoms with Crippen molar-refractivity contribution in [1.82, 2.24) is 24.6 Å². The first-order chi connectivity index (χ1) is 23.4. The lowest BCUT2D eigenvalue weighted by Crippen LogP contribution is -2.29. The predicted octanol–water partition coefficient (Wildman–Crippen LogP) is 4.10. The van der Waals surface area contributed by atoms with Gasteiger partial charge in [0, 0.05) is 29.5 Å². The van der Waals surface area contributed by atoms with Gasteiger partial charge in [-0.1, -0.05) is 36.4 Å². The summed E-state index contributed by atoms with van der Waals surface area (Å²) >= 11 is 0. The maximum absolute atomic E-state index is 12.6. The van der Waals surface area contributed by atoms with Crippen LogP contribution in [0.15, 0.2) is 138 Å². The Morgan fingerprint density at radius 3 is 1.60 bits per heavy atom. The maximum Gasteiger partial charge on any atom is 0.289 e. The highest BCUT2D eigenvalue weighted by atomic mass is 16.2. The van der Waals surface area contributed by atoms with Crippen LogP contribution in [-0.4, -0.2) is 38.0 Å². The van der Waals surface area contributed by atoms with Crippen LogP contribution in [0.5, 0.6) is 0 Å². The van der Waals surface area contributed by atoms with E-state index in [0.717, 1.165) is 44.9 Å². The molecule has 0 unspecified atom stereocenters. The van der Waals surface area contributed by atoms with Crippen molar-refractivity contribution in [2.75, 3.05) is 0 Å². The molecule has 0 aliphatic rings. The first kappa shape index (κ1) is 29.9. The molecule has 0 radical (unpaired) electrons. The van der Waals surface area contributed by atoms with Gasteiger partial charge in [0.15, 0.2) is 11.4 Å². The second-order valence-electron chi connectivity index (χ2n) is 11.2. The number of nitrogens with zero attached hydrogens (tertiary/aromatic N) is 7. The van der Waals surface area contributed by atoms with Crippen LogP contribution in [0.1, 0.15) is 32.0 Å². The number of amides is 2. The largest absolute Gasteiger partial charge is 0.289 e. The van der Waals surface area contributed by atoms with Crippen LogP contribution in [0.4, 0.5) is 0 Å². The highest BCUT2D eigenvalue weighted by Crippen LogP contribution is 2.19. The van der Waals surface area contributed by atoms with Crippen molar-refractivity contribution >= 4 is 35.5 Å². The minimum Gasteiger partial charge on any atom is -0.267 e. The van der Waals surface area contributed by atoms with E-state index in [1.165, 1.54) is 18.3 Å². The summed E-state index contributed by atoms with van der Waals surface area (Å²) < 4.78 is 8.42. The van der Waals surface area contributed by atoms with Gasteiger partial charge in [0.05, 0.1) is 44.5 Å². The van der Waals surface area contributed by atoms with Gasteiger partial charge in [-0.2, -0.15) is 10.2 Å². The number of hydrogen-bond acceptors (Lipinski definition) is 5. The first-order valence-electron chi connectivity index (χ1n) is 15.2. The van der Waals surface area contributed by atoms with E-state index in [0.29, 0.717) is 0 Å². The van der Waals surface area contributed by atoms with Crippen LogP contribution >= 0.6 is 0 Å². The normalized spacial score (nSPS) is 11.5. The summed E-state index contributed by atoms with van der Waals surface area (Å²) in [5.41, 5.74) is 13.5. The standard InChI is InChI=1S/C37H29N9O2/c1-43-32(24-45-19-5-3-7-34(43)45)28-13-9-26(10-14-28)21-39-41-36(47)30-17-18-31(38-23-30)37(48)42-40-22-27-11-15-29(16-12-27)33-25-46-20-6-4-8-35(46)44(33)2/h3-25H,1-2H3/p+2/b39-21-,40-22+. The molecule has 234 valence electrons. The Kier molecular flexibility index (Phi) is 8.06. The SMILES string of the molecule is C[n+]1c(-c2ccc(/C=N\NC(=O)c3ccc(C(=O)N/N=C/c4ccc(-c5cn6ccccc6[n+]5C)cc4)nc3)cc2)cn2ccccc21. The van der Waals surface area contributed by atoms with Crippen molar-refractivity contribution in [3.05, 3.63) is 150 Å². The van der Waals surface area contributed by atoms with E-state index in [4.69, 9.17) is 0 Å². The van der Waals surface area contributed by atoms with E-state index in [1.54, 1.807) is 12.4 Å². The topological polar surface area (TPSA) is 112 Å². The van der Waals surface area contributed by atoms with Gasteiger partial charge in [-0.3, -0.25) is 14.6 Å². The average Bonchev–Trinajstić information content (AvgIpc) is 3.65. The Bertz CT molecular complexity index is 2170. The molecule has 5 aromatic heterocycles. The molecule has 7 aromatic rings. The summed E-state index contributed by atoms with van der Waals surface area (Å²) in [6.07, 6.45) is 12.7. The molecule has 2 amide bonds. The van der Waals surface area contributed by atoms with Gasteiger partial charge in [0.2, 0.25) is 0 Å². The Hall–Kier alpha value is -6.75. The summed E-state index contributed by atoms with van der Waals surface area (Å²) in [7, 11) is 4.06. The molecule has 0 spiro atoms. The first-order valence-corrected chi connectivity index (χ1v) is 15.2. The molecule has 48 heavy (non-hydrogen) atoms. The summed E-state index contributed by atoms with van der Waals surface area (Å²) in [5.74, 6) is -0.941. The number of fused-ring (bicyclic) bond motifs is 2. The van der Waals surface area contributed by atoms with Gasteiger partial charge < -0.3 is 0 Å². The Balaban J connectivity index is 0.911. The van der Waals surface area contributed by atoms with Gasteiger partial charge in [-0.05, 0) is 59.7 Å². The molecule has 0 atom stereocenters. The molecule has 0 saturated heterocycles. The third-order valence-electron chi connectivity index (χ3n) is 8.10. The summed E-state index contributed by atoms with van der Waals surface area (Å²) in [5, 5.41) is 8.14. The molecule has 5 heterocycles. The summed E-state index contributed by atoms with van der Waals surface area (Å²) in [6.45, 7) is 0. The molecule has 0 fully saturated rings. The van der Waals surface area contributed by atoms with E-state index in [1.807, 2.05) is 99.3 Å². The molecule has 0 aliphatic heterocycles. The second kappa shape index (κ2) is 12.9. The molecular weight excluding hydrogens is 602 g/mol. The lowest BCUT2D eigenvalue weighted by atomic mass is 10.1. The number of rotatable bonds is 8. The number of aromatic nitrogens is 5. The number of hydrogen-bond donors (Lipinski definition) is 2. The molecule has 0 saturated carbocycles. The second-order valence-corrected chi connectivity index (χ2v) is 11.2. The van der Waals surface area contributed by atoms with E-state index in [-0.39, 0.29) is 11.3 Å². The highest BCUT2D eigenvalue weighted by Gasteiger charge is 2.16. The summed E-state index contributed by atoms with van der Waals surface area (Å²) in [6, 6.07) is 30.9. The smallest absolute Gasteiger partial charge is 0.267 e. The third-order valence-corrected chi connectivity index (χ3v) is 8.10. The molecule has 2 N–H and O–H groups in total. The molecular formula is C37H31N9O2+2. The molecule has 2 aromatic carbocycles. The number of benzene rings is 2. The van der Waals surface area contributed by atoms with Crippen molar-refractivity contribution in [3.8, 4) is 22.5 Å². The van der Waals surface area contributed by atoms with Crippen LogP contribution < -0.4 is 20.0 Å². The third kappa shape index (κ3) is 6.07. The van der Waals surface area contributed by atoms with Crippen molar-refractivity contribution < 1.29 is 18.7 Å². The van der Waals surface area contributed by atoms with Crippen molar-refractivity contribution in [2.24, 2.45) is 24.3 Å². The monoisotopic (exact) mass is 633 g/mol. The number of carbonyl (C=O) groups is 2. The van der Waals surface area contributed by atoms with Gasteiger partial charge in [-0.15, -0.1) is 0 Å². The number of imidazole rings is 2. The molecule has 11 heteroatoms. The van der Waals surface area contributed by atoms with Gasteiger partial charge in [0.25, 0.3) is 23.1 Å². The zero-order valence-electron chi connectivity index (χ0n) is 26.2. The van der Waals surface area contributed by atoms with Crippen LogP contribution in [0.25, 0.3) is 33.8 Å². The van der Waals surface area contributed by atoms with E-state index in [2.05, 4.69) is 68.5 Å². The number of pyridine rings is 3. The highest BCUT2D eigenvalue weighted by molar-refractivity contribution is 5.97. The predicted molar refractivity (Wildman–Crippen MR) is 182 cm³/mol. The van der Waals surface area contributed by atoms with Gasteiger partial charge in [0.1, 0.15) is 18.1 Å². The van der Waals surface area contributed by atoms with Crippen LogP contribution in [-0.2, 0) is 14.1 Å². The molecule has 0 aliphatic carbocycles. The van der Waals surface area contributed by atoms with Gasteiger partial charge in [-0.25, -0.2) is 28.8 Å². The van der Waals surface area contributed by atoms with Crippen LogP contribution in [0, 0.1) is 0 Å². The maximum atomic E-state index is 12.6. The lowest BCUT2D eigenvalue weighted by molar-refractivity contribution is -0.633. The van der Waals surface area contributed by atoms with Crippen molar-refractivity contribution in [1.29, 1.82) is 0 Å². The van der Waals surface area contributed by atoms with E-state index >= 15 is 0 Å². The van der Waals surface area contributed by atoms with Gasteiger partial charge >= 0.3 is 0 Å². The van der Waals surface area contributed by atoms with E-state index in [9.17, 15) is 9.59 Å². The Labute approximate surface area is 275 Å². The summed E-state index contributed by atoms with van der Waals surface area (Å²) in [4.78, 5) is 29.3. The zero-order chi connectivity index (χ0) is 33.0. The van der Waals surface area contributed by atoms with Crippen LogP contribution in [0.3, 0.4) is 0 Å². The quantitative estimate of drug-likeness (QED) is 0.149.